The summed E-state index contributed by atoms with van der Waals surface area (Å²) in [4.78, 5) is 0. The second-order valence-corrected chi connectivity index (χ2v) is 17.3. The average molecular weight is 253 g/mol. The molecule has 0 atom stereocenters. The van der Waals surface area contributed by atoms with Gasteiger partial charge in [-0.15, -0.1) is 0 Å². The zero-order chi connectivity index (χ0) is 12.4. The third-order valence-electron chi connectivity index (χ3n) is 2.77. The maximum absolute atomic E-state index is 2.64. The quantitative estimate of drug-likeness (QED) is 0.595. The second kappa shape index (κ2) is 5.05. The van der Waals surface area contributed by atoms with Crippen LogP contribution in [0.1, 0.15) is 25.7 Å². The minimum Gasteiger partial charge on any atom is -0.0916 e. The van der Waals surface area contributed by atoms with Crippen molar-refractivity contribution in [1.82, 2.24) is 0 Å². The summed E-state index contributed by atoms with van der Waals surface area (Å²) < 4.78 is 0. The Hall–Kier alpha value is -0.0862. The lowest BCUT2D eigenvalue weighted by Gasteiger charge is -2.24. The van der Waals surface area contributed by atoms with Gasteiger partial charge in [-0.25, -0.2) is 0 Å². The van der Waals surface area contributed by atoms with E-state index in [0.29, 0.717) is 0 Å². The van der Waals surface area contributed by atoms with Gasteiger partial charge in [-0.1, -0.05) is 61.8 Å². The Balaban J connectivity index is 2.97. The van der Waals surface area contributed by atoms with Gasteiger partial charge in [0.15, 0.2) is 0 Å². The van der Waals surface area contributed by atoms with Crippen LogP contribution in [-0.2, 0) is 0 Å². The molecule has 0 heterocycles. The smallest absolute Gasteiger partial charge is 0.0690 e. The fourth-order valence-electron chi connectivity index (χ4n) is 2.33. The van der Waals surface area contributed by atoms with Gasteiger partial charge in [0.05, 0.1) is 16.1 Å². The first-order chi connectivity index (χ1) is 7.17. The molecule has 0 spiro atoms. The van der Waals surface area contributed by atoms with Gasteiger partial charge in [-0.2, -0.15) is 0 Å². The van der Waals surface area contributed by atoms with Crippen LogP contribution >= 0.6 is 0 Å². The molecule has 1 aliphatic carbocycles. The lowest BCUT2D eigenvalue weighted by atomic mass is 9.92. The van der Waals surface area contributed by atoms with Crippen molar-refractivity contribution in [1.29, 1.82) is 0 Å². The van der Waals surface area contributed by atoms with Crippen LogP contribution in [0.5, 0.6) is 0 Å². The van der Waals surface area contributed by atoms with Crippen LogP contribution in [-0.4, -0.2) is 16.1 Å². The topological polar surface area (TPSA) is 0 Å². The highest BCUT2D eigenvalue weighted by Crippen LogP contribution is 2.31. The summed E-state index contributed by atoms with van der Waals surface area (Å²) in [5.41, 5.74) is 8.68. The molecule has 0 bridgehead atoms. The molecule has 0 aromatic heterocycles. The summed E-state index contributed by atoms with van der Waals surface area (Å²) in [6.07, 6.45) is 5.47. The number of hydrogen-bond donors (Lipinski definition) is 0. The van der Waals surface area contributed by atoms with E-state index in [1.165, 1.54) is 25.7 Å². The van der Waals surface area contributed by atoms with Gasteiger partial charge >= 0.3 is 0 Å². The largest absolute Gasteiger partial charge is 0.0916 e. The molecule has 2 heteroatoms. The van der Waals surface area contributed by atoms with E-state index < -0.39 is 16.1 Å². The first kappa shape index (κ1) is 14.0. The van der Waals surface area contributed by atoms with Gasteiger partial charge < -0.3 is 0 Å². The molecule has 0 aliphatic heterocycles. The summed E-state index contributed by atoms with van der Waals surface area (Å²) in [6, 6.07) is 0. The van der Waals surface area contributed by atoms with Crippen LogP contribution in [0.2, 0.25) is 39.3 Å². The third kappa shape index (κ3) is 5.31. The SMILES string of the molecule is C[Si](C)(C)/C=C1\CCCC\C1=C/[Si](C)(C)C. The highest BCUT2D eigenvalue weighted by Gasteiger charge is 2.19. The molecule has 0 aromatic carbocycles. The highest BCUT2D eigenvalue weighted by molar-refractivity contribution is 6.82. The predicted octanol–water partition coefficient (Wildman–Crippen LogP) is 5.17. The van der Waals surface area contributed by atoms with Gasteiger partial charge in [-0.3, -0.25) is 0 Å². The van der Waals surface area contributed by atoms with E-state index in [1.54, 1.807) is 11.1 Å². The van der Waals surface area contributed by atoms with E-state index in [2.05, 4.69) is 50.7 Å². The van der Waals surface area contributed by atoms with Crippen LogP contribution < -0.4 is 0 Å². The average Bonchev–Trinajstić information content (AvgIpc) is 2.03. The molecule has 0 radical (unpaired) electrons. The van der Waals surface area contributed by atoms with Crippen molar-refractivity contribution in [2.24, 2.45) is 0 Å². The fraction of sp³-hybridized carbons (Fsp3) is 0.714. The van der Waals surface area contributed by atoms with Gasteiger partial charge in [-0.05, 0) is 25.7 Å². The zero-order valence-corrected chi connectivity index (χ0v) is 14.0. The van der Waals surface area contributed by atoms with Crippen molar-refractivity contribution in [3.05, 3.63) is 22.5 Å². The molecular weight excluding hydrogens is 224 g/mol. The zero-order valence-electron chi connectivity index (χ0n) is 12.0. The Morgan fingerprint density at radius 2 is 1.00 bits per heavy atom. The molecule has 16 heavy (non-hydrogen) atoms. The van der Waals surface area contributed by atoms with Gasteiger partial charge in [0.1, 0.15) is 0 Å². The molecule has 92 valence electrons. The van der Waals surface area contributed by atoms with Crippen LogP contribution in [0.3, 0.4) is 0 Å². The minimum atomic E-state index is -1.05. The van der Waals surface area contributed by atoms with Crippen molar-refractivity contribution in [2.75, 3.05) is 0 Å². The third-order valence-corrected chi connectivity index (χ3v) is 5.20. The van der Waals surface area contributed by atoms with E-state index in [0.717, 1.165) is 0 Å². The Kier molecular flexibility index (Phi) is 4.41. The normalized spacial score (nSPS) is 24.1. The maximum atomic E-state index is 2.64. The summed E-state index contributed by atoms with van der Waals surface area (Å²) >= 11 is 0. The van der Waals surface area contributed by atoms with Crippen LogP contribution in [0.15, 0.2) is 22.5 Å². The molecule has 1 saturated carbocycles. The van der Waals surface area contributed by atoms with Crippen molar-refractivity contribution >= 4 is 16.1 Å². The summed E-state index contributed by atoms with van der Waals surface area (Å²) in [7, 11) is -2.10. The molecular formula is C14H28Si2. The van der Waals surface area contributed by atoms with Crippen molar-refractivity contribution in [3.8, 4) is 0 Å². The monoisotopic (exact) mass is 252 g/mol. The lowest BCUT2D eigenvalue weighted by molar-refractivity contribution is 0.680. The van der Waals surface area contributed by atoms with Crippen LogP contribution in [0, 0.1) is 0 Å². The van der Waals surface area contributed by atoms with E-state index in [1.807, 2.05) is 0 Å². The Bertz CT molecular complexity index is 266. The van der Waals surface area contributed by atoms with Gasteiger partial charge in [0, 0.05) is 0 Å². The second-order valence-electron chi connectivity index (χ2n) is 7.28. The molecule has 0 N–H and O–H groups in total. The first-order valence-electron chi connectivity index (χ1n) is 6.61. The van der Waals surface area contributed by atoms with Crippen LogP contribution in [0.25, 0.3) is 0 Å². The number of hydrogen-bond acceptors (Lipinski definition) is 0. The van der Waals surface area contributed by atoms with Crippen molar-refractivity contribution in [2.45, 2.75) is 65.0 Å². The molecule has 0 saturated heterocycles. The summed E-state index contributed by atoms with van der Waals surface area (Å²) in [5, 5.41) is 0. The molecule has 0 nitrogen and oxygen atoms in total. The summed E-state index contributed by atoms with van der Waals surface area (Å²) in [6.45, 7) is 14.7. The van der Waals surface area contributed by atoms with E-state index >= 15 is 0 Å². The molecule has 1 fully saturated rings. The van der Waals surface area contributed by atoms with E-state index in [9.17, 15) is 0 Å². The Morgan fingerprint density at radius 1 is 0.688 bits per heavy atom. The predicted molar refractivity (Wildman–Crippen MR) is 81.3 cm³/mol. The maximum Gasteiger partial charge on any atom is 0.0690 e. The van der Waals surface area contributed by atoms with E-state index in [4.69, 9.17) is 0 Å². The fourth-order valence-corrected chi connectivity index (χ4v) is 5.08. The number of rotatable bonds is 2. The molecule has 1 rings (SSSR count). The Labute approximate surface area is 104 Å². The Morgan fingerprint density at radius 3 is 1.25 bits per heavy atom. The van der Waals surface area contributed by atoms with Crippen molar-refractivity contribution < 1.29 is 0 Å². The molecule has 0 aromatic rings. The van der Waals surface area contributed by atoms with Crippen LogP contribution in [0.4, 0.5) is 0 Å². The van der Waals surface area contributed by atoms with Crippen molar-refractivity contribution in [3.63, 3.8) is 0 Å². The number of allylic oxidation sites excluding steroid dienone is 2. The molecule has 0 unspecified atom stereocenters. The lowest BCUT2D eigenvalue weighted by Crippen LogP contribution is -2.21. The minimum absolute atomic E-state index is 1.05. The molecule has 1 aliphatic rings. The van der Waals surface area contributed by atoms with Gasteiger partial charge in [0.2, 0.25) is 0 Å². The highest BCUT2D eigenvalue weighted by atomic mass is 28.3. The summed E-state index contributed by atoms with van der Waals surface area (Å²) in [5.74, 6) is 0. The van der Waals surface area contributed by atoms with Gasteiger partial charge in [0.25, 0.3) is 0 Å². The molecule has 0 amide bonds. The first-order valence-corrected chi connectivity index (χ1v) is 13.8. The van der Waals surface area contributed by atoms with E-state index in [-0.39, 0.29) is 0 Å². The standard InChI is InChI=1S/C14H28Si2/c1-15(2,3)11-13-9-7-8-10-14(13)12-16(4,5)6/h11-12H,7-10H2,1-6H3/b13-11+,14-12+.